The highest BCUT2D eigenvalue weighted by atomic mass is 35.5. The lowest BCUT2D eigenvalue weighted by molar-refractivity contribution is 0.0696. The van der Waals surface area contributed by atoms with Gasteiger partial charge in [0.2, 0.25) is 0 Å². The molecule has 0 aliphatic carbocycles. The number of sulfonamides is 1. The number of pyridine rings is 1. The van der Waals surface area contributed by atoms with E-state index >= 15 is 0 Å². The van der Waals surface area contributed by atoms with E-state index in [0.717, 1.165) is 12.1 Å². The van der Waals surface area contributed by atoms with Crippen molar-refractivity contribution in [2.24, 2.45) is 0 Å². The first-order chi connectivity index (χ1) is 13.6. The number of nitrogens with zero attached hydrogens (tertiary/aromatic N) is 1. The zero-order chi connectivity index (χ0) is 21.3. The van der Waals surface area contributed by atoms with Crippen molar-refractivity contribution in [2.75, 3.05) is 4.72 Å². The number of phenolic OH excluding ortho intramolecular Hbond substituents is 1. The fourth-order valence-corrected chi connectivity index (χ4v) is 3.95. The second-order valence-corrected chi connectivity index (χ2v) is 7.83. The van der Waals surface area contributed by atoms with E-state index in [1.54, 1.807) is 0 Å². The minimum atomic E-state index is -4.68. The largest absolute Gasteiger partial charge is 0.505 e. The van der Waals surface area contributed by atoms with Gasteiger partial charge in [-0.1, -0.05) is 17.7 Å². The molecule has 0 radical (unpaired) electrons. The van der Waals surface area contributed by atoms with Crippen molar-refractivity contribution < 1.29 is 32.2 Å². The highest BCUT2D eigenvalue weighted by molar-refractivity contribution is 7.92. The van der Waals surface area contributed by atoms with Crippen LogP contribution in [-0.4, -0.2) is 29.6 Å². The quantitative estimate of drug-likeness (QED) is 0.554. The number of carbonyl (C=O) groups is 1. The zero-order valence-corrected chi connectivity index (χ0v) is 15.8. The van der Waals surface area contributed by atoms with E-state index in [1.165, 1.54) is 24.5 Å². The molecule has 0 fully saturated rings. The van der Waals surface area contributed by atoms with Crippen molar-refractivity contribution in [1.29, 1.82) is 0 Å². The number of aromatic nitrogens is 1. The lowest BCUT2D eigenvalue weighted by Crippen LogP contribution is -2.15. The van der Waals surface area contributed by atoms with Crippen LogP contribution in [0.3, 0.4) is 0 Å². The first-order valence-electron chi connectivity index (χ1n) is 7.78. The summed E-state index contributed by atoms with van der Waals surface area (Å²) in [4.78, 5) is 14.1. The highest BCUT2D eigenvalue weighted by Gasteiger charge is 2.25. The number of rotatable bonds is 5. The molecule has 0 aliphatic heterocycles. The third-order valence-corrected chi connectivity index (χ3v) is 5.51. The molecule has 11 heteroatoms. The van der Waals surface area contributed by atoms with Gasteiger partial charge in [-0.15, -0.1) is 0 Å². The molecule has 0 atom stereocenters. The van der Waals surface area contributed by atoms with Crippen LogP contribution >= 0.6 is 11.6 Å². The number of benzene rings is 2. The summed E-state index contributed by atoms with van der Waals surface area (Å²) in [6, 6.07) is 5.93. The molecule has 29 heavy (non-hydrogen) atoms. The van der Waals surface area contributed by atoms with Crippen molar-refractivity contribution in [3.8, 4) is 16.9 Å². The molecular weight excluding hydrogens is 430 g/mol. The first kappa shape index (κ1) is 20.5. The summed E-state index contributed by atoms with van der Waals surface area (Å²) >= 11 is 5.69. The lowest BCUT2D eigenvalue weighted by atomic mass is 10.1. The van der Waals surface area contributed by atoms with Gasteiger partial charge in [-0.2, -0.15) is 0 Å². The van der Waals surface area contributed by atoms with Gasteiger partial charge in [0.05, 0.1) is 16.3 Å². The number of nitrogens with one attached hydrogen (secondary N) is 1. The summed E-state index contributed by atoms with van der Waals surface area (Å²) in [7, 11) is -4.68. The Bertz CT molecular complexity index is 1220. The van der Waals surface area contributed by atoms with Crippen molar-refractivity contribution >= 4 is 33.3 Å². The highest BCUT2D eigenvalue weighted by Crippen LogP contribution is 2.35. The first-order valence-corrected chi connectivity index (χ1v) is 9.64. The van der Waals surface area contributed by atoms with Crippen LogP contribution in [0.25, 0.3) is 11.1 Å². The standard InChI is InChI=1S/C18H11ClF2N2O5S/c19-12-4-10(18(25)26)5-16(17(12)24)29(27,28)23-15-6-11(13(20)7-14(15)21)9-2-1-3-22-8-9/h1-8,23-24H,(H,25,26). The monoisotopic (exact) mass is 440 g/mol. The van der Waals surface area contributed by atoms with E-state index in [9.17, 15) is 27.1 Å². The third-order valence-electron chi connectivity index (χ3n) is 3.84. The maximum absolute atomic E-state index is 14.2. The number of phenols is 1. The Morgan fingerprint density at radius 3 is 2.48 bits per heavy atom. The summed E-state index contributed by atoms with van der Waals surface area (Å²) in [6.45, 7) is 0. The van der Waals surface area contributed by atoms with Gasteiger partial charge in [-0.3, -0.25) is 9.71 Å². The second kappa shape index (κ2) is 7.64. The SMILES string of the molecule is O=C(O)c1cc(Cl)c(O)c(S(=O)(=O)Nc2cc(-c3cccnc3)c(F)cc2F)c1. The molecule has 3 N–H and O–H groups in total. The molecule has 0 saturated heterocycles. The molecule has 3 aromatic rings. The number of aromatic carboxylic acids is 1. The average Bonchev–Trinajstić information content (AvgIpc) is 2.66. The average molecular weight is 441 g/mol. The molecule has 7 nitrogen and oxygen atoms in total. The summed E-state index contributed by atoms with van der Waals surface area (Å²) in [5.74, 6) is -4.58. The second-order valence-electron chi connectivity index (χ2n) is 5.77. The number of carboxylic acid groups (broad SMARTS) is 1. The number of carboxylic acids is 1. The van der Waals surface area contributed by atoms with E-state index < -0.39 is 54.5 Å². The molecular formula is C18H11ClF2N2O5S. The van der Waals surface area contributed by atoms with Crippen molar-refractivity contribution in [3.63, 3.8) is 0 Å². The molecule has 0 bridgehead atoms. The fraction of sp³-hybridized carbons (Fsp3) is 0. The number of anilines is 1. The molecule has 1 heterocycles. The summed E-state index contributed by atoms with van der Waals surface area (Å²) < 4.78 is 55.5. The molecule has 150 valence electrons. The molecule has 0 spiro atoms. The van der Waals surface area contributed by atoms with E-state index in [0.29, 0.717) is 12.1 Å². The molecule has 2 aromatic carbocycles. The summed E-state index contributed by atoms with van der Waals surface area (Å²) in [5, 5.41) is 18.5. The normalized spacial score (nSPS) is 11.3. The van der Waals surface area contributed by atoms with Gasteiger partial charge in [0, 0.05) is 29.6 Å². The van der Waals surface area contributed by atoms with Gasteiger partial charge in [-0.05, 0) is 24.3 Å². The number of aromatic hydroxyl groups is 1. The minimum Gasteiger partial charge on any atom is -0.505 e. The van der Waals surface area contributed by atoms with Crippen LogP contribution in [0.5, 0.6) is 5.75 Å². The van der Waals surface area contributed by atoms with Gasteiger partial charge in [0.15, 0.2) is 5.75 Å². The summed E-state index contributed by atoms with van der Waals surface area (Å²) in [6.07, 6.45) is 2.74. The van der Waals surface area contributed by atoms with Crippen LogP contribution in [0.2, 0.25) is 5.02 Å². The third kappa shape index (κ3) is 4.13. The summed E-state index contributed by atoms with van der Waals surface area (Å²) in [5.41, 5.74) is -0.992. The Balaban J connectivity index is 2.09. The van der Waals surface area contributed by atoms with Crippen LogP contribution in [0.15, 0.2) is 53.7 Å². The molecule has 0 aliphatic rings. The molecule has 0 amide bonds. The van der Waals surface area contributed by atoms with E-state index in [4.69, 9.17) is 16.7 Å². The van der Waals surface area contributed by atoms with Gasteiger partial charge in [-0.25, -0.2) is 22.0 Å². The Morgan fingerprint density at radius 2 is 1.86 bits per heavy atom. The van der Waals surface area contributed by atoms with Crippen LogP contribution in [0.4, 0.5) is 14.5 Å². The van der Waals surface area contributed by atoms with Crippen LogP contribution in [0.1, 0.15) is 10.4 Å². The number of hydrogen-bond donors (Lipinski definition) is 3. The fourth-order valence-electron chi connectivity index (χ4n) is 2.47. The molecule has 1 aromatic heterocycles. The van der Waals surface area contributed by atoms with Gasteiger partial charge in [0.1, 0.15) is 16.5 Å². The smallest absolute Gasteiger partial charge is 0.335 e. The van der Waals surface area contributed by atoms with Crippen LogP contribution < -0.4 is 4.72 Å². The number of halogens is 3. The van der Waals surface area contributed by atoms with Crippen LogP contribution in [-0.2, 0) is 10.0 Å². The molecule has 0 saturated carbocycles. The predicted molar refractivity (Wildman–Crippen MR) is 100 cm³/mol. The maximum Gasteiger partial charge on any atom is 0.335 e. The molecule has 3 rings (SSSR count). The van der Waals surface area contributed by atoms with Gasteiger partial charge < -0.3 is 10.2 Å². The Morgan fingerprint density at radius 1 is 1.14 bits per heavy atom. The number of hydrogen-bond acceptors (Lipinski definition) is 5. The van der Waals surface area contributed by atoms with Crippen molar-refractivity contribution in [2.45, 2.75) is 4.90 Å². The van der Waals surface area contributed by atoms with Crippen molar-refractivity contribution in [3.05, 3.63) is 71.0 Å². The lowest BCUT2D eigenvalue weighted by Gasteiger charge is -2.13. The predicted octanol–water partition coefficient (Wildman–Crippen LogP) is 3.88. The van der Waals surface area contributed by atoms with Gasteiger partial charge >= 0.3 is 5.97 Å². The van der Waals surface area contributed by atoms with E-state index in [2.05, 4.69) is 4.98 Å². The Kier molecular flexibility index (Phi) is 5.40. The molecule has 0 unspecified atom stereocenters. The minimum absolute atomic E-state index is 0.126. The van der Waals surface area contributed by atoms with E-state index in [1.807, 2.05) is 4.72 Å². The topological polar surface area (TPSA) is 117 Å². The zero-order valence-electron chi connectivity index (χ0n) is 14.2. The Hall–Kier alpha value is -3.24. The Labute approximate surface area is 168 Å². The van der Waals surface area contributed by atoms with Crippen molar-refractivity contribution in [1.82, 2.24) is 4.98 Å². The van der Waals surface area contributed by atoms with E-state index in [-0.39, 0.29) is 11.1 Å². The maximum atomic E-state index is 14.2. The van der Waals surface area contributed by atoms with Gasteiger partial charge in [0.25, 0.3) is 10.0 Å². The van der Waals surface area contributed by atoms with Crippen LogP contribution in [0, 0.1) is 11.6 Å².